The highest BCUT2D eigenvalue weighted by molar-refractivity contribution is 5.81. The van der Waals surface area contributed by atoms with Gasteiger partial charge >= 0.3 is 5.97 Å². The van der Waals surface area contributed by atoms with Crippen LogP contribution < -0.4 is 10.1 Å². The van der Waals surface area contributed by atoms with Crippen LogP contribution in [-0.4, -0.2) is 23.6 Å². The maximum atomic E-state index is 11.7. The number of carbonyl (C=O) groups excluding carboxylic acids is 1. The van der Waals surface area contributed by atoms with Crippen LogP contribution in [0.25, 0.3) is 0 Å². The first-order chi connectivity index (χ1) is 9.16. The van der Waals surface area contributed by atoms with Crippen molar-refractivity contribution in [2.75, 3.05) is 6.61 Å². The molecule has 0 spiro atoms. The number of rotatable bonds is 4. The van der Waals surface area contributed by atoms with Crippen LogP contribution in [-0.2, 0) is 9.59 Å². The van der Waals surface area contributed by atoms with Gasteiger partial charge in [-0.2, -0.15) is 0 Å². The summed E-state index contributed by atoms with van der Waals surface area (Å²) < 4.78 is 5.61. The van der Waals surface area contributed by atoms with Gasteiger partial charge in [0, 0.05) is 12.0 Å². The molecule has 0 saturated carbocycles. The van der Waals surface area contributed by atoms with Crippen LogP contribution in [0, 0.1) is 0 Å². The number of carboxylic acids is 1. The molecular formula is C14H17NO4. The van der Waals surface area contributed by atoms with Gasteiger partial charge in [-0.3, -0.25) is 9.59 Å². The number of benzene rings is 1. The predicted octanol–water partition coefficient (Wildman–Crippen LogP) is 1.88. The van der Waals surface area contributed by atoms with E-state index in [1.165, 1.54) is 0 Å². The number of carbonyl (C=O) groups is 2. The third-order valence-electron chi connectivity index (χ3n) is 3.09. The second-order valence-electron chi connectivity index (χ2n) is 4.54. The number of ether oxygens (including phenoxy) is 1. The largest absolute Gasteiger partial charge is 0.493 e. The van der Waals surface area contributed by atoms with Gasteiger partial charge in [0.25, 0.3) is 0 Å². The van der Waals surface area contributed by atoms with E-state index in [0.29, 0.717) is 6.61 Å². The maximum absolute atomic E-state index is 11.7. The summed E-state index contributed by atoms with van der Waals surface area (Å²) in [6.45, 7) is 0.637. The lowest BCUT2D eigenvalue weighted by Crippen LogP contribution is -2.28. The zero-order valence-electron chi connectivity index (χ0n) is 10.6. The molecule has 5 heteroatoms. The second kappa shape index (κ2) is 6.22. The standard InChI is InChI=1S/C14H17NO4/c16-13(7-8-14(17)18)15-11-5-3-9-19-12-6-2-1-4-10(11)12/h1-2,4,6,11H,3,5,7-9H2,(H,15,16)(H,17,18). The number of hydrogen-bond acceptors (Lipinski definition) is 3. The summed E-state index contributed by atoms with van der Waals surface area (Å²) in [6, 6.07) is 7.53. The topological polar surface area (TPSA) is 75.6 Å². The molecule has 0 radical (unpaired) electrons. The molecular weight excluding hydrogens is 246 g/mol. The van der Waals surface area contributed by atoms with Crippen molar-refractivity contribution in [1.82, 2.24) is 5.32 Å². The lowest BCUT2D eigenvalue weighted by atomic mass is 10.0. The molecule has 0 fully saturated rings. The molecule has 1 atom stereocenters. The summed E-state index contributed by atoms with van der Waals surface area (Å²) in [5.74, 6) is -0.396. The van der Waals surface area contributed by atoms with Gasteiger partial charge in [0.2, 0.25) is 5.91 Å². The summed E-state index contributed by atoms with van der Waals surface area (Å²) in [4.78, 5) is 22.2. The molecule has 2 rings (SSSR count). The number of nitrogens with one attached hydrogen (secondary N) is 1. The van der Waals surface area contributed by atoms with Crippen LogP contribution in [0.3, 0.4) is 0 Å². The van der Waals surface area contributed by atoms with E-state index < -0.39 is 5.97 Å². The minimum absolute atomic E-state index is 0.00879. The summed E-state index contributed by atoms with van der Waals surface area (Å²) in [6.07, 6.45) is 1.53. The van der Waals surface area contributed by atoms with Crippen molar-refractivity contribution in [3.63, 3.8) is 0 Å². The lowest BCUT2D eigenvalue weighted by molar-refractivity contribution is -0.138. The molecule has 1 aromatic rings. The van der Waals surface area contributed by atoms with Crippen molar-refractivity contribution >= 4 is 11.9 Å². The molecule has 0 aromatic heterocycles. The third-order valence-corrected chi connectivity index (χ3v) is 3.09. The van der Waals surface area contributed by atoms with Crippen molar-refractivity contribution in [1.29, 1.82) is 0 Å². The van der Waals surface area contributed by atoms with Crippen LogP contribution in [0.5, 0.6) is 5.75 Å². The highest BCUT2D eigenvalue weighted by Crippen LogP contribution is 2.31. The molecule has 0 saturated heterocycles. The fourth-order valence-corrected chi connectivity index (χ4v) is 2.16. The summed E-state index contributed by atoms with van der Waals surface area (Å²) in [5.41, 5.74) is 0.962. The van der Waals surface area contributed by atoms with E-state index in [0.717, 1.165) is 24.2 Å². The molecule has 1 amide bonds. The predicted molar refractivity (Wildman–Crippen MR) is 68.9 cm³/mol. The molecule has 1 aromatic carbocycles. The minimum atomic E-state index is -0.959. The molecule has 0 bridgehead atoms. The van der Waals surface area contributed by atoms with Crippen LogP contribution in [0.15, 0.2) is 24.3 Å². The van der Waals surface area contributed by atoms with Gasteiger partial charge in [0.15, 0.2) is 0 Å². The average Bonchev–Trinajstić information content (AvgIpc) is 2.59. The number of carboxylic acid groups (broad SMARTS) is 1. The van der Waals surface area contributed by atoms with Gasteiger partial charge in [-0.1, -0.05) is 18.2 Å². The summed E-state index contributed by atoms with van der Waals surface area (Å²) >= 11 is 0. The van der Waals surface area contributed by atoms with Crippen molar-refractivity contribution < 1.29 is 19.4 Å². The van der Waals surface area contributed by atoms with E-state index >= 15 is 0 Å². The Labute approximate surface area is 111 Å². The van der Waals surface area contributed by atoms with Crippen LogP contribution >= 0.6 is 0 Å². The minimum Gasteiger partial charge on any atom is -0.493 e. The molecule has 102 valence electrons. The van der Waals surface area contributed by atoms with E-state index in [1.807, 2.05) is 24.3 Å². The zero-order valence-corrected chi connectivity index (χ0v) is 10.6. The fraction of sp³-hybridized carbons (Fsp3) is 0.429. The van der Waals surface area contributed by atoms with E-state index in [4.69, 9.17) is 9.84 Å². The molecule has 5 nitrogen and oxygen atoms in total. The van der Waals surface area contributed by atoms with Gasteiger partial charge in [-0.15, -0.1) is 0 Å². The summed E-state index contributed by atoms with van der Waals surface area (Å²) in [5, 5.41) is 11.5. The number of fused-ring (bicyclic) bond motifs is 1. The number of aliphatic carboxylic acids is 1. The summed E-state index contributed by atoms with van der Waals surface area (Å²) in [7, 11) is 0. The maximum Gasteiger partial charge on any atom is 0.303 e. The monoisotopic (exact) mass is 263 g/mol. The fourth-order valence-electron chi connectivity index (χ4n) is 2.16. The lowest BCUT2D eigenvalue weighted by Gasteiger charge is -2.18. The Hall–Kier alpha value is -2.04. The number of hydrogen-bond donors (Lipinski definition) is 2. The first-order valence-electron chi connectivity index (χ1n) is 6.39. The van der Waals surface area contributed by atoms with Gasteiger partial charge < -0.3 is 15.2 Å². The molecule has 1 aliphatic heterocycles. The quantitative estimate of drug-likeness (QED) is 0.869. The van der Waals surface area contributed by atoms with Crippen LogP contribution in [0.2, 0.25) is 0 Å². The number of para-hydroxylation sites is 1. The Balaban J connectivity index is 2.03. The molecule has 19 heavy (non-hydrogen) atoms. The zero-order chi connectivity index (χ0) is 13.7. The third kappa shape index (κ3) is 3.71. The van der Waals surface area contributed by atoms with E-state index in [2.05, 4.69) is 5.32 Å². The SMILES string of the molecule is O=C(O)CCC(=O)NC1CCCOc2ccccc21. The first kappa shape index (κ1) is 13.4. The highest BCUT2D eigenvalue weighted by atomic mass is 16.5. The van der Waals surface area contributed by atoms with Crippen molar-refractivity contribution in [2.24, 2.45) is 0 Å². The molecule has 1 unspecified atom stereocenters. The highest BCUT2D eigenvalue weighted by Gasteiger charge is 2.21. The Morgan fingerprint density at radius 1 is 1.32 bits per heavy atom. The van der Waals surface area contributed by atoms with Crippen molar-refractivity contribution in [3.05, 3.63) is 29.8 Å². The molecule has 1 heterocycles. The Bertz CT molecular complexity index is 472. The number of amides is 1. The Kier molecular flexibility index (Phi) is 4.39. The average molecular weight is 263 g/mol. The van der Waals surface area contributed by atoms with Crippen LogP contribution in [0.1, 0.15) is 37.3 Å². The van der Waals surface area contributed by atoms with E-state index in [1.54, 1.807) is 0 Å². The Morgan fingerprint density at radius 3 is 2.89 bits per heavy atom. The van der Waals surface area contributed by atoms with Gasteiger partial charge in [-0.05, 0) is 18.9 Å². The Morgan fingerprint density at radius 2 is 2.11 bits per heavy atom. The van der Waals surface area contributed by atoms with E-state index in [9.17, 15) is 9.59 Å². The van der Waals surface area contributed by atoms with Crippen molar-refractivity contribution in [3.8, 4) is 5.75 Å². The van der Waals surface area contributed by atoms with Gasteiger partial charge in [-0.25, -0.2) is 0 Å². The molecule has 0 aliphatic carbocycles. The molecule has 1 aliphatic rings. The van der Waals surface area contributed by atoms with Crippen LogP contribution in [0.4, 0.5) is 0 Å². The smallest absolute Gasteiger partial charge is 0.303 e. The van der Waals surface area contributed by atoms with Gasteiger partial charge in [0.05, 0.1) is 19.1 Å². The van der Waals surface area contributed by atoms with Gasteiger partial charge in [0.1, 0.15) is 5.75 Å². The first-order valence-corrected chi connectivity index (χ1v) is 6.39. The molecule has 2 N–H and O–H groups in total. The normalized spacial score (nSPS) is 17.8. The van der Waals surface area contributed by atoms with Crippen molar-refractivity contribution in [2.45, 2.75) is 31.7 Å². The van der Waals surface area contributed by atoms with E-state index in [-0.39, 0.29) is 24.8 Å². The second-order valence-corrected chi connectivity index (χ2v) is 4.54.